The number of nitrogens with zero attached hydrogens (tertiary/aromatic N) is 1. The van der Waals surface area contributed by atoms with Crippen LogP contribution in [0, 0.1) is 6.92 Å². The molecule has 0 aliphatic heterocycles. The molecule has 0 fully saturated rings. The predicted octanol–water partition coefficient (Wildman–Crippen LogP) is 3.45. The first-order chi connectivity index (χ1) is 9.61. The van der Waals surface area contributed by atoms with Crippen LogP contribution in [0.25, 0.3) is 0 Å². The van der Waals surface area contributed by atoms with Crippen LogP contribution in [0.2, 0.25) is 0 Å². The third-order valence-corrected chi connectivity index (χ3v) is 4.12. The van der Waals surface area contributed by atoms with Crippen LogP contribution in [0.15, 0.2) is 24.3 Å². The monoisotopic (exact) mass is 292 g/mol. The van der Waals surface area contributed by atoms with Crippen LogP contribution in [-0.2, 0) is 6.61 Å². The third-order valence-electron chi connectivity index (χ3n) is 2.79. The molecule has 0 aliphatic rings. The highest BCUT2D eigenvalue weighted by Crippen LogP contribution is 2.29. The molecule has 0 spiro atoms. The molecule has 1 aromatic heterocycles. The lowest BCUT2D eigenvalue weighted by atomic mass is 10.2. The smallest absolute Gasteiger partial charge is 0.161 e. The lowest BCUT2D eigenvalue weighted by Crippen LogP contribution is -2.03. The number of ether oxygens (including phenoxy) is 2. The first-order valence-electron chi connectivity index (χ1n) is 6.68. The Morgan fingerprint density at radius 1 is 1.25 bits per heavy atom. The van der Waals surface area contributed by atoms with E-state index in [9.17, 15) is 0 Å². The number of aryl methyl sites for hydroxylation is 1. The van der Waals surface area contributed by atoms with E-state index in [1.165, 1.54) is 0 Å². The van der Waals surface area contributed by atoms with Gasteiger partial charge < -0.3 is 15.2 Å². The summed E-state index contributed by atoms with van der Waals surface area (Å²) in [5.41, 5.74) is 6.90. The van der Waals surface area contributed by atoms with Crippen molar-refractivity contribution in [2.24, 2.45) is 5.73 Å². The molecule has 5 heteroatoms. The minimum atomic E-state index is 0.0111. The van der Waals surface area contributed by atoms with Gasteiger partial charge in [0.1, 0.15) is 11.6 Å². The zero-order valence-corrected chi connectivity index (χ0v) is 12.9. The average Bonchev–Trinajstić information content (AvgIpc) is 2.79. The van der Waals surface area contributed by atoms with Gasteiger partial charge in [-0.05, 0) is 32.9 Å². The summed E-state index contributed by atoms with van der Waals surface area (Å²) in [5, 5.41) is 0.932. The molecule has 2 aromatic rings. The molecule has 0 saturated heterocycles. The van der Waals surface area contributed by atoms with Gasteiger partial charge in [-0.15, -0.1) is 11.3 Å². The van der Waals surface area contributed by atoms with Crippen LogP contribution in [0.1, 0.15) is 35.5 Å². The maximum Gasteiger partial charge on any atom is 0.161 e. The zero-order valence-electron chi connectivity index (χ0n) is 12.1. The van der Waals surface area contributed by atoms with E-state index in [0.29, 0.717) is 13.2 Å². The summed E-state index contributed by atoms with van der Waals surface area (Å²) in [6.07, 6.45) is 0. The Labute approximate surface area is 123 Å². The Kier molecular flexibility index (Phi) is 4.98. The number of benzene rings is 1. The molecule has 2 rings (SSSR count). The van der Waals surface area contributed by atoms with Gasteiger partial charge in [0.15, 0.2) is 11.5 Å². The summed E-state index contributed by atoms with van der Waals surface area (Å²) in [5.74, 6) is 1.50. The van der Waals surface area contributed by atoms with Crippen LogP contribution in [-0.4, -0.2) is 11.6 Å². The minimum absolute atomic E-state index is 0.0111. The van der Waals surface area contributed by atoms with Crippen LogP contribution in [0.3, 0.4) is 0 Å². The largest absolute Gasteiger partial charge is 0.490 e. The Balaban J connectivity index is 2.07. The molecular formula is C15H20N2O2S. The van der Waals surface area contributed by atoms with Crippen LogP contribution in [0.5, 0.6) is 11.5 Å². The maximum absolute atomic E-state index is 5.91. The van der Waals surface area contributed by atoms with Gasteiger partial charge in [0.2, 0.25) is 0 Å². The summed E-state index contributed by atoms with van der Waals surface area (Å²) < 4.78 is 11.3. The van der Waals surface area contributed by atoms with Crippen molar-refractivity contribution in [1.82, 2.24) is 4.98 Å². The maximum atomic E-state index is 5.91. The first-order valence-corrected chi connectivity index (χ1v) is 7.49. The summed E-state index contributed by atoms with van der Waals surface area (Å²) in [6.45, 7) is 6.95. The van der Waals surface area contributed by atoms with Crippen molar-refractivity contribution in [2.75, 3.05) is 6.61 Å². The van der Waals surface area contributed by atoms with Gasteiger partial charge in [0, 0.05) is 10.9 Å². The second kappa shape index (κ2) is 6.72. The van der Waals surface area contributed by atoms with E-state index in [4.69, 9.17) is 15.2 Å². The first kappa shape index (κ1) is 14.8. The van der Waals surface area contributed by atoms with Crippen molar-refractivity contribution in [2.45, 2.75) is 33.4 Å². The Bertz CT molecular complexity index is 567. The zero-order chi connectivity index (χ0) is 14.5. The summed E-state index contributed by atoms with van der Waals surface area (Å²) in [7, 11) is 0. The van der Waals surface area contributed by atoms with E-state index in [-0.39, 0.29) is 6.04 Å². The molecule has 0 radical (unpaired) electrons. The summed E-state index contributed by atoms with van der Waals surface area (Å²) >= 11 is 1.60. The van der Waals surface area contributed by atoms with Crippen LogP contribution >= 0.6 is 11.3 Å². The molecule has 0 saturated carbocycles. The molecule has 1 heterocycles. The van der Waals surface area contributed by atoms with E-state index in [1.807, 2.05) is 45.0 Å². The van der Waals surface area contributed by atoms with Gasteiger partial charge in [-0.3, -0.25) is 0 Å². The summed E-state index contributed by atoms with van der Waals surface area (Å²) in [4.78, 5) is 5.61. The Morgan fingerprint density at radius 2 is 1.90 bits per heavy atom. The van der Waals surface area contributed by atoms with Gasteiger partial charge in [-0.1, -0.05) is 12.1 Å². The van der Waals surface area contributed by atoms with Gasteiger partial charge >= 0.3 is 0 Å². The number of hydrogen-bond acceptors (Lipinski definition) is 5. The average molecular weight is 292 g/mol. The number of rotatable bonds is 6. The Morgan fingerprint density at radius 3 is 2.45 bits per heavy atom. The molecular weight excluding hydrogens is 272 g/mol. The number of hydrogen-bond donors (Lipinski definition) is 1. The fourth-order valence-electron chi connectivity index (χ4n) is 1.93. The number of nitrogens with two attached hydrogens (primary N) is 1. The number of para-hydroxylation sites is 2. The molecule has 4 nitrogen and oxygen atoms in total. The molecule has 1 unspecified atom stereocenters. The molecule has 0 bridgehead atoms. The highest BCUT2D eigenvalue weighted by atomic mass is 32.1. The molecule has 2 N–H and O–H groups in total. The standard InChI is InChI=1S/C15H20N2O2S/c1-4-18-12-7-5-6-8-13(12)19-9-14-17-11(3)15(20-14)10(2)16/h5-8,10H,4,9,16H2,1-3H3. The van der Waals surface area contributed by atoms with Crippen LogP contribution in [0.4, 0.5) is 0 Å². The molecule has 0 aliphatic carbocycles. The lowest BCUT2D eigenvalue weighted by molar-refractivity contribution is 0.269. The fourth-order valence-corrected chi connectivity index (χ4v) is 2.87. The molecule has 0 amide bonds. The van der Waals surface area contributed by atoms with E-state index in [2.05, 4.69) is 4.98 Å². The van der Waals surface area contributed by atoms with Crippen molar-refractivity contribution in [3.63, 3.8) is 0 Å². The Hall–Kier alpha value is -1.59. The van der Waals surface area contributed by atoms with Gasteiger partial charge in [-0.25, -0.2) is 4.98 Å². The van der Waals surface area contributed by atoms with E-state index >= 15 is 0 Å². The minimum Gasteiger partial charge on any atom is -0.490 e. The third kappa shape index (κ3) is 3.49. The van der Waals surface area contributed by atoms with Crippen molar-refractivity contribution in [3.8, 4) is 11.5 Å². The van der Waals surface area contributed by atoms with Crippen molar-refractivity contribution < 1.29 is 9.47 Å². The fraction of sp³-hybridized carbons (Fsp3) is 0.400. The van der Waals surface area contributed by atoms with Crippen LogP contribution < -0.4 is 15.2 Å². The van der Waals surface area contributed by atoms with Crippen molar-refractivity contribution in [1.29, 1.82) is 0 Å². The highest BCUT2D eigenvalue weighted by Gasteiger charge is 2.12. The predicted molar refractivity (Wildman–Crippen MR) is 81.4 cm³/mol. The highest BCUT2D eigenvalue weighted by molar-refractivity contribution is 7.11. The normalized spacial score (nSPS) is 12.2. The molecule has 1 aromatic carbocycles. The summed E-state index contributed by atoms with van der Waals surface area (Å²) in [6, 6.07) is 7.67. The second-order valence-corrected chi connectivity index (χ2v) is 5.63. The lowest BCUT2D eigenvalue weighted by Gasteiger charge is -2.10. The number of aromatic nitrogens is 1. The SMILES string of the molecule is CCOc1ccccc1OCc1nc(C)c(C(C)N)s1. The van der Waals surface area contributed by atoms with Gasteiger partial charge in [0.05, 0.1) is 12.3 Å². The number of thiazole rings is 1. The van der Waals surface area contributed by atoms with Crippen molar-refractivity contribution >= 4 is 11.3 Å². The molecule has 1 atom stereocenters. The molecule has 20 heavy (non-hydrogen) atoms. The van der Waals surface area contributed by atoms with E-state index in [0.717, 1.165) is 27.1 Å². The van der Waals surface area contributed by atoms with Gasteiger partial charge in [0.25, 0.3) is 0 Å². The van der Waals surface area contributed by atoms with E-state index in [1.54, 1.807) is 11.3 Å². The second-order valence-electron chi connectivity index (χ2n) is 4.51. The van der Waals surface area contributed by atoms with Gasteiger partial charge in [-0.2, -0.15) is 0 Å². The van der Waals surface area contributed by atoms with E-state index < -0.39 is 0 Å². The van der Waals surface area contributed by atoms with Crippen molar-refractivity contribution in [3.05, 3.63) is 39.8 Å². The quantitative estimate of drug-likeness (QED) is 0.886. The topological polar surface area (TPSA) is 57.4 Å². The molecule has 108 valence electrons.